The summed E-state index contributed by atoms with van der Waals surface area (Å²) in [5.74, 6) is -1.00. The summed E-state index contributed by atoms with van der Waals surface area (Å²) in [6.07, 6.45) is -1.77. The molecule has 2 atom stereocenters. The first-order valence-electron chi connectivity index (χ1n) is 15.7. The maximum absolute atomic E-state index is 14.3. The first-order valence-corrected chi connectivity index (χ1v) is 15.7. The molecule has 5 fully saturated rings. The molecule has 0 aromatic carbocycles. The first kappa shape index (κ1) is 31.1. The molecule has 13 nitrogen and oxygen atoms in total. The zero-order valence-corrected chi connectivity index (χ0v) is 26.4. The van der Waals surface area contributed by atoms with E-state index in [0.29, 0.717) is 42.0 Å². The van der Waals surface area contributed by atoms with Crippen molar-refractivity contribution in [2.45, 2.75) is 89.6 Å². The van der Waals surface area contributed by atoms with Crippen LogP contribution >= 0.6 is 0 Å². The number of halogens is 3. The van der Waals surface area contributed by atoms with Crippen molar-refractivity contribution >= 4 is 28.7 Å². The third kappa shape index (κ3) is 4.53. The van der Waals surface area contributed by atoms with E-state index in [1.54, 1.807) is 23.3 Å². The number of alkyl halides is 3. The van der Waals surface area contributed by atoms with E-state index in [4.69, 9.17) is 4.74 Å². The molecular weight excluding hydrogens is 621 g/mol. The molecular formula is C31H35F3N8O5. The minimum Gasteiger partial charge on any atom is -0.504 e. The number of piperazine rings is 1. The first-order chi connectivity index (χ1) is 22.2. The number of anilines is 1. The molecule has 0 unspecified atom stereocenters. The van der Waals surface area contributed by atoms with E-state index in [9.17, 15) is 32.7 Å². The van der Waals surface area contributed by atoms with Gasteiger partial charge in [0.2, 0.25) is 17.2 Å². The highest BCUT2D eigenvalue weighted by Gasteiger charge is 2.79. The van der Waals surface area contributed by atoms with Gasteiger partial charge in [0.25, 0.3) is 5.91 Å². The Kier molecular flexibility index (Phi) is 6.95. The quantitative estimate of drug-likeness (QED) is 0.388. The molecule has 2 bridgehead atoms. The molecule has 16 heteroatoms. The average molecular weight is 657 g/mol. The molecule has 2 amide bonds. The van der Waals surface area contributed by atoms with Gasteiger partial charge in [0.1, 0.15) is 24.3 Å². The molecule has 2 N–H and O–H groups in total. The highest BCUT2D eigenvalue weighted by molar-refractivity contribution is 5.95. The molecule has 250 valence electrons. The number of rotatable bonds is 7. The summed E-state index contributed by atoms with van der Waals surface area (Å²) in [7, 11) is 1.42. The molecule has 3 aromatic rings. The molecule has 1 aliphatic heterocycles. The highest BCUT2D eigenvalue weighted by Crippen LogP contribution is 2.73. The van der Waals surface area contributed by atoms with Gasteiger partial charge in [0.15, 0.2) is 22.6 Å². The third-order valence-electron chi connectivity index (χ3n) is 10.5. The number of nitrogens with zero attached hydrogens (tertiary/aromatic N) is 7. The smallest absolute Gasteiger partial charge is 0.394 e. The van der Waals surface area contributed by atoms with Gasteiger partial charge >= 0.3 is 6.18 Å². The molecule has 5 aliphatic rings. The Morgan fingerprint density at radius 1 is 1.09 bits per heavy atom. The van der Waals surface area contributed by atoms with Gasteiger partial charge in [-0.25, -0.2) is 19.9 Å². The summed E-state index contributed by atoms with van der Waals surface area (Å²) >= 11 is 0. The zero-order valence-electron chi connectivity index (χ0n) is 26.4. The van der Waals surface area contributed by atoms with Crippen LogP contribution in [0.2, 0.25) is 0 Å². The molecule has 8 rings (SSSR count). The van der Waals surface area contributed by atoms with Crippen LogP contribution in [0.5, 0.6) is 11.6 Å². The van der Waals surface area contributed by atoms with Gasteiger partial charge in [-0.1, -0.05) is 6.92 Å². The Labute approximate surface area is 267 Å². The van der Waals surface area contributed by atoms with Crippen LogP contribution in [0.15, 0.2) is 11.1 Å². The monoisotopic (exact) mass is 656 g/mol. The van der Waals surface area contributed by atoms with Gasteiger partial charge in [-0.05, 0) is 52.4 Å². The fourth-order valence-electron chi connectivity index (χ4n) is 8.08. The number of nitrogens with one attached hydrogen (secondary N) is 1. The lowest BCUT2D eigenvalue weighted by Crippen LogP contribution is -2.78. The second-order valence-electron chi connectivity index (χ2n) is 13.3. The van der Waals surface area contributed by atoms with Crippen molar-refractivity contribution in [3.05, 3.63) is 39.3 Å². The van der Waals surface area contributed by atoms with Crippen molar-refractivity contribution in [1.29, 1.82) is 0 Å². The minimum absolute atomic E-state index is 0.00440. The Morgan fingerprint density at radius 3 is 2.40 bits per heavy atom. The van der Waals surface area contributed by atoms with Crippen molar-refractivity contribution in [2.75, 3.05) is 25.1 Å². The number of hydrogen-bond acceptors (Lipinski definition) is 10. The van der Waals surface area contributed by atoms with Gasteiger partial charge in [0, 0.05) is 30.4 Å². The topological polar surface area (TPSA) is 156 Å². The van der Waals surface area contributed by atoms with Crippen LogP contribution in [0.25, 0.3) is 11.2 Å². The predicted octanol–water partition coefficient (Wildman–Crippen LogP) is 2.57. The summed E-state index contributed by atoms with van der Waals surface area (Å²) in [5, 5.41) is 13.3. The molecule has 0 spiro atoms. The third-order valence-corrected chi connectivity index (χ3v) is 10.5. The van der Waals surface area contributed by atoms with Crippen molar-refractivity contribution in [2.24, 2.45) is 5.41 Å². The van der Waals surface area contributed by atoms with E-state index in [2.05, 4.69) is 25.3 Å². The van der Waals surface area contributed by atoms with Crippen LogP contribution in [-0.2, 0) is 17.8 Å². The lowest BCUT2D eigenvalue weighted by molar-refractivity contribution is -0.337. The number of amides is 2. The maximum atomic E-state index is 14.3. The number of aromatic nitrogens is 5. The number of carbonyl (C=O) groups is 2. The molecule has 4 aliphatic carbocycles. The van der Waals surface area contributed by atoms with E-state index < -0.39 is 28.9 Å². The van der Waals surface area contributed by atoms with Gasteiger partial charge in [-0.2, -0.15) is 13.2 Å². The van der Waals surface area contributed by atoms with E-state index in [1.165, 1.54) is 13.4 Å². The van der Waals surface area contributed by atoms with E-state index in [0.717, 1.165) is 0 Å². The number of ether oxygens (including phenoxy) is 1. The number of pyridine rings is 1. The number of hydrogen-bond donors (Lipinski definition) is 2. The van der Waals surface area contributed by atoms with Crippen molar-refractivity contribution < 1.29 is 32.6 Å². The second kappa shape index (κ2) is 10.5. The molecule has 4 saturated carbocycles. The van der Waals surface area contributed by atoms with Gasteiger partial charge < -0.3 is 29.5 Å². The predicted molar refractivity (Wildman–Crippen MR) is 161 cm³/mol. The van der Waals surface area contributed by atoms with Crippen molar-refractivity contribution in [3.63, 3.8) is 0 Å². The SMILES string of the molecule is CCc1c(N2CCN(C(=O)c3ncnc(C)c3O)[C@@H]3CC[C@H]32)c(=O)c2nc(OC)c(C)nc2n1CC(=O)NC12CC(C(F)(F)F)(C1)C2. The molecule has 0 radical (unpaired) electrons. The van der Waals surface area contributed by atoms with Gasteiger partial charge in [-0.15, -0.1) is 0 Å². The minimum atomic E-state index is -4.30. The standard InChI is InChI=1S/C31H35F3N8O5/c1-5-17-23(40-8-9-41(19-7-6-18(19)40)28(46)22-24(44)15(2)35-14-36-22)25(45)21-26(37-16(3)27(38-21)47-4)42(17)10-20(43)39-30-11-29(12-30,13-30)31(32,33)34/h14,18-19,44H,5-13H2,1-4H3,(H,39,43)/t18-,19-,29?,30?/m1/s1. The van der Waals surface area contributed by atoms with Crippen molar-refractivity contribution in [1.82, 2.24) is 34.7 Å². The van der Waals surface area contributed by atoms with Crippen LogP contribution in [0.4, 0.5) is 18.9 Å². The summed E-state index contributed by atoms with van der Waals surface area (Å²) in [5.41, 5.74) is -1.28. The normalized spacial score (nSPS) is 26.2. The molecule has 1 saturated heterocycles. The fourth-order valence-corrected chi connectivity index (χ4v) is 8.08. The Hall–Kier alpha value is -4.50. The summed E-state index contributed by atoms with van der Waals surface area (Å²) in [6.45, 7) is 5.38. The lowest BCUT2D eigenvalue weighted by Gasteiger charge is -2.70. The highest BCUT2D eigenvalue weighted by atomic mass is 19.4. The van der Waals surface area contributed by atoms with Crippen LogP contribution in [0, 0.1) is 19.3 Å². The number of aryl methyl sites for hydroxylation is 2. The van der Waals surface area contributed by atoms with E-state index in [1.807, 2.05) is 11.8 Å². The number of aromatic hydroxyl groups is 1. The van der Waals surface area contributed by atoms with Crippen LogP contribution in [0.3, 0.4) is 0 Å². The van der Waals surface area contributed by atoms with Crippen LogP contribution in [-0.4, -0.2) is 90.3 Å². The lowest BCUT2D eigenvalue weighted by atomic mass is 9.39. The number of methoxy groups -OCH3 is 1. The molecule has 47 heavy (non-hydrogen) atoms. The van der Waals surface area contributed by atoms with Crippen molar-refractivity contribution in [3.8, 4) is 11.6 Å². The Morgan fingerprint density at radius 2 is 1.79 bits per heavy atom. The fraction of sp³-hybridized carbons (Fsp3) is 0.581. The Balaban J connectivity index is 1.24. The molecule has 3 aromatic heterocycles. The van der Waals surface area contributed by atoms with E-state index in [-0.39, 0.29) is 84.9 Å². The average Bonchev–Trinajstić information content (AvgIpc) is 2.96. The second-order valence-corrected chi connectivity index (χ2v) is 13.3. The molecule has 4 heterocycles. The maximum Gasteiger partial charge on any atom is 0.394 e. The van der Waals surface area contributed by atoms with Crippen LogP contribution < -0.4 is 20.4 Å². The van der Waals surface area contributed by atoms with Gasteiger partial charge in [0.05, 0.1) is 24.3 Å². The summed E-state index contributed by atoms with van der Waals surface area (Å²) in [4.78, 5) is 62.0. The van der Waals surface area contributed by atoms with Crippen LogP contribution in [0.1, 0.15) is 66.6 Å². The van der Waals surface area contributed by atoms with Gasteiger partial charge in [-0.3, -0.25) is 14.4 Å². The van der Waals surface area contributed by atoms with E-state index >= 15 is 0 Å². The largest absolute Gasteiger partial charge is 0.504 e. The number of fused-ring (bicyclic) bond motifs is 2. The number of carbonyl (C=O) groups excluding carboxylic acids is 2. The Bertz CT molecular complexity index is 1880. The zero-order chi connectivity index (χ0) is 33.6. The summed E-state index contributed by atoms with van der Waals surface area (Å²) < 4.78 is 47.3. The summed E-state index contributed by atoms with van der Waals surface area (Å²) in [6, 6.07) is -0.485.